The minimum atomic E-state index is -2.33. The van der Waals surface area contributed by atoms with E-state index in [0.29, 0.717) is 15.5 Å². The fourth-order valence-electron chi connectivity index (χ4n) is 10.9. The highest BCUT2D eigenvalue weighted by Crippen LogP contribution is 2.25. The van der Waals surface area contributed by atoms with Crippen molar-refractivity contribution in [3.63, 3.8) is 0 Å². The molecule has 1 fully saturated rings. The Morgan fingerprint density at radius 3 is 1.84 bits per heavy atom. The van der Waals surface area contributed by atoms with Crippen LogP contribution in [0.1, 0.15) is 144 Å². The van der Waals surface area contributed by atoms with Crippen molar-refractivity contribution in [1.82, 2.24) is 62.7 Å². The van der Waals surface area contributed by atoms with Gasteiger partial charge in [0, 0.05) is 36.9 Å². The van der Waals surface area contributed by atoms with Gasteiger partial charge in [-0.3, -0.25) is 77.0 Å². The normalized spacial score (nSPS) is 22.7. The molecule has 2 aliphatic rings. The number of carboxylic acid groups (broad SMARTS) is 2. The number of amides is 12. The minimum Gasteiger partial charge on any atom is -0.481 e. The summed E-state index contributed by atoms with van der Waals surface area (Å²) >= 11 is 1.30. The zero-order valence-electron chi connectivity index (χ0n) is 57.5. The summed E-state index contributed by atoms with van der Waals surface area (Å²) in [5.74, 6) is -18.7. The van der Waals surface area contributed by atoms with Gasteiger partial charge in [0.1, 0.15) is 66.5 Å². The molecule has 14 atom stereocenters. The van der Waals surface area contributed by atoms with Crippen molar-refractivity contribution < 1.29 is 77.3 Å². The van der Waals surface area contributed by atoms with Crippen LogP contribution in [0.2, 0.25) is 0 Å². The van der Waals surface area contributed by atoms with Crippen LogP contribution in [-0.2, 0) is 80.0 Å². The SMILES string of the molecule is CC[C@H](C)[C@@H]1NC(=O)[C@@H](CCCN)NC(=O)[C@H](CCCCN)N(C(=O)[C@@H](NC(=O)[C@@H](CCC(=O)O)NC(=O)[C@H](CC(C)C)NC(=O)[C@@H]2CSC([C@@H](N)C(C)C)=N2)[C@@H](C)CC)C(=O)[C@H](CC(N)=O)NC(=O)[C@@H](CC(=O)O)NC(=O)[C@H](Cc2cnc[nH]2)NC(=O)[C@@H](Cc2ccccc2)NC1=O. The zero-order valence-corrected chi connectivity index (χ0v) is 58.3. The van der Waals surface area contributed by atoms with Gasteiger partial charge in [0.05, 0.1) is 30.3 Å². The van der Waals surface area contributed by atoms with E-state index in [-0.39, 0.29) is 87.7 Å². The Morgan fingerprint density at radius 2 is 1.26 bits per heavy atom. The van der Waals surface area contributed by atoms with E-state index in [1.807, 2.05) is 13.8 Å². The van der Waals surface area contributed by atoms with Crippen molar-refractivity contribution in [1.29, 1.82) is 0 Å². The molecule has 548 valence electrons. The van der Waals surface area contributed by atoms with E-state index in [1.165, 1.54) is 31.2 Å². The van der Waals surface area contributed by atoms with Crippen LogP contribution >= 0.6 is 11.8 Å². The number of primary amides is 1. The van der Waals surface area contributed by atoms with Crippen molar-refractivity contribution in [2.45, 2.75) is 218 Å². The number of imide groups is 1. The maximum Gasteiger partial charge on any atom is 0.305 e. The van der Waals surface area contributed by atoms with Crippen LogP contribution in [0.25, 0.3) is 0 Å². The van der Waals surface area contributed by atoms with Crippen molar-refractivity contribution in [2.75, 3.05) is 18.8 Å². The molecule has 3 heterocycles. The predicted octanol–water partition coefficient (Wildman–Crippen LogP) is -1.99. The number of aromatic amines is 1. The van der Waals surface area contributed by atoms with Gasteiger partial charge in [-0.05, 0) is 87.3 Å². The molecule has 2 aromatic rings. The van der Waals surface area contributed by atoms with Crippen LogP contribution in [0.4, 0.5) is 0 Å². The monoisotopic (exact) mass is 1410 g/mol. The molecule has 2 aliphatic heterocycles. The lowest BCUT2D eigenvalue weighted by Gasteiger charge is -2.37. The minimum absolute atomic E-state index is 0.00220. The number of carboxylic acids is 2. The molecule has 12 amide bonds. The van der Waals surface area contributed by atoms with Crippen molar-refractivity contribution >= 4 is 99.6 Å². The molecule has 1 aromatic heterocycles. The molecule has 0 radical (unpaired) electrons. The molecule has 99 heavy (non-hydrogen) atoms. The number of aliphatic imine (C=N–C) groups is 1. The van der Waals surface area contributed by atoms with E-state index in [9.17, 15) is 63.0 Å². The molecule has 20 N–H and O–H groups in total. The second kappa shape index (κ2) is 40.9. The van der Waals surface area contributed by atoms with Gasteiger partial charge in [-0.15, -0.1) is 11.8 Å². The smallest absolute Gasteiger partial charge is 0.305 e. The van der Waals surface area contributed by atoms with Crippen LogP contribution in [0, 0.1) is 23.7 Å². The molecular formula is C65H101N17O16S. The summed E-state index contributed by atoms with van der Waals surface area (Å²) in [4.78, 5) is 214. The summed E-state index contributed by atoms with van der Waals surface area (Å²) < 4.78 is 0. The first-order valence-corrected chi connectivity index (χ1v) is 34.5. The second-order valence-corrected chi connectivity index (χ2v) is 26.9. The molecule has 0 bridgehead atoms. The van der Waals surface area contributed by atoms with Crippen LogP contribution in [0.3, 0.4) is 0 Å². The number of carbonyl (C=O) groups excluding carboxylic acids is 12. The summed E-state index contributed by atoms with van der Waals surface area (Å²) in [6.45, 7) is 13.6. The van der Waals surface area contributed by atoms with Crippen LogP contribution < -0.4 is 70.8 Å². The largest absolute Gasteiger partial charge is 0.481 e. The average molecular weight is 1410 g/mol. The molecular weight excluding hydrogens is 1310 g/mol. The number of hydrogen-bond donors (Lipinski definition) is 16. The van der Waals surface area contributed by atoms with Crippen LogP contribution in [-0.4, -0.2) is 204 Å². The Kier molecular flexibility index (Phi) is 34.1. The van der Waals surface area contributed by atoms with Crippen molar-refractivity contribution in [3.05, 3.63) is 54.1 Å². The maximum atomic E-state index is 16.0. The van der Waals surface area contributed by atoms with Gasteiger partial charge in [0.15, 0.2) is 0 Å². The first-order valence-electron chi connectivity index (χ1n) is 33.5. The van der Waals surface area contributed by atoms with Gasteiger partial charge >= 0.3 is 11.9 Å². The number of aromatic nitrogens is 2. The molecule has 4 rings (SSSR count). The first-order chi connectivity index (χ1) is 46.8. The Hall–Kier alpha value is -8.89. The summed E-state index contributed by atoms with van der Waals surface area (Å²) in [5.41, 5.74) is 24.8. The summed E-state index contributed by atoms with van der Waals surface area (Å²) in [6.07, 6.45) is -2.11. The molecule has 0 spiro atoms. The number of aliphatic carboxylic acids is 2. The van der Waals surface area contributed by atoms with Gasteiger partial charge in [0.25, 0.3) is 11.8 Å². The Balaban J connectivity index is 2.00. The number of benzene rings is 1. The standard InChI is InChI=1S/C65H101N17O16S/c1-9-35(7)52-62(96)77-42(26-37-17-12-11-13-18-37)57(91)75-43(27-38-30-70-32-71-38)58(92)76-44(29-50(86)87)59(93)78-45(28-48(68)83)64(97)82(47(20-14-15-23-66)61(95)73-39(19-16-24-67)54(88)80-52)65(98)53(36(8)10-2)81-55(89)40(21-22-49(84)85)72-56(90)41(25-33(3)4)74-60(94)46-31-99-63(79-46)51(69)34(5)6/h11-13,17-18,30,32-36,39-47,51-53H,9-10,14-16,19-29,31,66-67,69H2,1-8H3,(H2,68,83)(H,70,71)(H,72,90)(H,73,95)(H,74,94)(H,75,91)(H,76,92)(H,77,96)(H,78,93)(H,80,88)(H,81,89)(H,84,85)(H,86,87)/t35-,36-,39+,40+,41-,42+,43-,44+,45-,46-,47-,51-,52-,53-/m0/s1. The first kappa shape index (κ1) is 82.5. The highest BCUT2D eigenvalue weighted by Gasteiger charge is 2.46. The maximum absolute atomic E-state index is 16.0. The molecule has 0 saturated carbocycles. The van der Waals surface area contributed by atoms with E-state index in [0.717, 1.165) is 0 Å². The molecule has 1 aromatic carbocycles. The molecule has 33 nitrogen and oxygen atoms in total. The highest BCUT2D eigenvalue weighted by atomic mass is 32.2. The van der Waals surface area contributed by atoms with Crippen LogP contribution in [0.15, 0.2) is 47.8 Å². The number of H-pyrrole nitrogens is 1. The van der Waals surface area contributed by atoms with Gasteiger partial charge in [-0.1, -0.05) is 98.6 Å². The third-order valence-corrected chi connectivity index (χ3v) is 18.2. The Bertz CT molecular complexity index is 3160. The third-order valence-electron chi connectivity index (χ3n) is 17.1. The molecule has 34 heteroatoms. The van der Waals surface area contributed by atoms with Crippen molar-refractivity contribution in [3.8, 4) is 0 Å². The number of imidazole rings is 1. The second-order valence-electron chi connectivity index (χ2n) is 25.8. The average Bonchev–Trinajstić information content (AvgIpc) is 0.995. The molecule has 0 aliphatic carbocycles. The van der Waals surface area contributed by atoms with Crippen molar-refractivity contribution in [2.24, 2.45) is 51.6 Å². The van der Waals surface area contributed by atoms with E-state index in [1.54, 1.807) is 65.0 Å². The quantitative estimate of drug-likeness (QED) is 0.0344. The molecule has 1 saturated heterocycles. The fraction of sp³-hybridized carbons (Fsp3) is 0.631. The predicted molar refractivity (Wildman–Crippen MR) is 364 cm³/mol. The number of nitrogens with zero attached hydrogens (tertiary/aromatic N) is 3. The number of rotatable bonds is 33. The van der Waals surface area contributed by atoms with E-state index in [4.69, 9.17) is 22.9 Å². The highest BCUT2D eigenvalue weighted by molar-refractivity contribution is 8.14. The van der Waals surface area contributed by atoms with E-state index < -0.39 is 206 Å². The fourth-order valence-corrected chi connectivity index (χ4v) is 12.1. The lowest BCUT2D eigenvalue weighted by Crippen LogP contribution is -2.66. The Labute approximate surface area is 579 Å². The van der Waals surface area contributed by atoms with Gasteiger partial charge < -0.3 is 86.0 Å². The number of nitrogens with one attached hydrogen (secondary N) is 10. The van der Waals surface area contributed by atoms with Gasteiger partial charge in [-0.2, -0.15) is 0 Å². The lowest BCUT2D eigenvalue weighted by molar-refractivity contribution is -0.157. The number of thioether (sulfide) groups is 1. The summed E-state index contributed by atoms with van der Waals surface area (Å²) in [6, 6.07) is -10.9. The van der Waals surface area contributed by atoms with Gasteiger partial charge in [-0.25, -0.2) is 4.98 Å². The Morgan fingerprint density at radius 1 is 0.667 bits per heavy atom. The number of hydrogen-bond acceptors (Lipinski definition) is 20. The van der Waals surface area contributed by atoms with E-state index in [2.05, 4.69) is 62.8 Å². The third kappa shape index (κ3) is 26.1. The number of carbonyl (C=O) groups is 14. The lowest BCUT2D eigenvalue weighted by atomic mass is 9.94. The number of nitrogens with two attached hydrogens (primary N) is 4. The number of unbranched alkanes of at least 4 members (excludes halogenated alkanes) is 1. The zero-order chi connectivity index (χ0) is 73.8. The van der Waals surface area contributed by atoms with Gasteiger partial charge in [0.2, 0.25) is 59.1 Å². The van der Waals surface area contributed by atoms with E-state index >= 15 is 14.4 Å². The summed E-state index contributed by atoms with van der Waals surface area (Å²) in [5, 5.41) is 43.7. The van der Waals surface area contributed by atoms with Crippen LogP contribution in [0.5, 0.6) is 0 Å². The molecule has 0 unspecified atom stereocenters. The summed E-state index contributed by atoms with van der Waals surface area (Å²) in [7, 11) is 0. The topological polar surface area (TPSA) is 536 Å².